The van der Waals surface area contributed by atoms with Gasteiger partial charge in [-0.15, -0.1) is 0 Å². The second kappa shape index (κ2) is 10.5. The number of hydrogen-bond acceptors (Lipinski definition) is 4. The molecule has 1 aliphatic heterocycles. The number of anilines is 1. The normalized spacial score (nSPS) is 15.4. The van der Waals surface area contributed by atoms with Crippen LogP contribution in [0.3, 0.4) is 0 Å². The minimum atomic E-state index is -3.94. The fraction of sp³-hybridized carbons (Fsp3) is 0.636. The zero-order chi connectivity index (χ0) is 24.2. The van der Waals surface area contributed by atoms with E-state index in [2.05, 4.69) is 15.4 Å². The molecule has 3 N–H and O–H groups in total. The molecule has 0 saturated carbocycles. The Morgan fingerprint density at radius 2 is 1.50 bits per heavy atom. The molecule has 1 aromatic rings. The van der Waals surface area contributed by atoms with Crippen LogP contribution in [-0.4, -0.2) is 49.8 Å². The highest BCUT2D eigenvalue weighted by molar-refractivity contribution is 7.90. The topological polar surface area (TPSA) is 108 Å². The summed E-state index contributed by atoms with van der Waals surface area (Å²) in [5.74, 6) is -0.544. The van der Waals surface area contributed by atoms with Crippen molar-refractivity contribution in [1.29, 1.82) is 0 Å². The van der Waals surface area contributed by atoms with Crippen LogP contribution in [-0.2, 0) is 10.0 Å². The highest BCUT2D eigenvalue weighted by Crippen LogP contribution is 2.33. The van der Waals surface area contributed by atoms with Crippen LogP contribution in [0.25, 0.3) is 0 Å². The van der Waals surface area contributed by atoms with E-state index >= 15 is 0 Å². The van der Waals surface area contributed by atoms with E-state index in [1.165, 1.54) is 12.1 Å². The Balaban J connectivity index is 2.10. The van der Waals surface area contributed by atoms with E-state index < -0.39 is 27.1 Å². The molecule has 0 aliphatic carbocycles. The van der Waals surface area contributed by atoms with E-state index in [-0.39, 0.29) is 36.8 Å². The molecule has 8 nitrogen and oxygen atoms in total. The summed E-state index contributed by atoms with van der Waals surface area (Å²) in [7, 11) is -3.94. The summed E-state index contributed by atoms with van der Waals surface area (Å²) in [6.45, 7) is 11.8. The molecule has 0 atom stereocenters. The highest BCUT2D eigenvalue weighted by Gasteiger charge is 2.33. The van der Waals surface area contributed by atoms with E-state index in [9.17, 15) is 22.4 Å². The largest absolute Gasteiger partial charge is 0.336 e. The molecule has 180 valence electrons. The second-order valence-corrected chi connectivity index (χ2v) is 11.1. The number of rotatable bonds is 6. The Bertz CT molecular complexity index is 910. The number of urea groups is 2. The first-order valence-electron chi connectivity index (χ1n) is 11.0. The molecule has 0 aromatic heterocycles. The van der Waals surface area contributed by atoms with Crippen LogP contribution >= 0.6 is 0 Å². The van der Waals surface area contributed by atoms with E-state index in [0.29, 0.717) is 29.9 Å². The maximum absolute atomic E-state index is 14.1. The van der Waals surface area contributed by atoms with Gasteiger partial charge < -0.3 is 15.5 Å². The van der Waals surface area contributed by atoms with Crippen LogP contribution in [0, 0.1) is 5.82 Å². The number of likely N-dealkylation sites (tertiary alicyclic amines) is 1. The lowest BCUT2D eigenvalue weighted by Crippen LogP contribution is -2.50. The molecule has 1 saturated heterocycles. The summed E-state index contributed by atoms with van der Waals surface area (Å²) in [5, 5.41) is 4.65. The molecule has 32 heavy (non-hydrogen) atoms. The molecule has 1 fully saturated rings. The Labute approximate surface area is 190 Å². The molecule has 1 aromatic carbocycles. The van der Waals surface area contributed by atoms with Crippen molar-refractivity contribution < 1.29 is 22.4 Å². The van der Waals surface area contributed by atoms with Crippen molar-refractivity contribution in [2.45, 2.75) is 77.5 Å². The number of nitrogens with one attached hydrogen (secondary N) is 3. The third-order valence-corrected chi connectivity index (χ3v) is 7.28. The lowest BCUT2D eigenvalue weighted by atomic mass is 9.92. The van der Waals surface area contributed by atoms with Crippen LogP contribution in [0.1, 0.15) is 77.3 Å². The van der Waals surface area contributed by atoms with Gasteiger partial charge >= 0.3 is 12.1 Å². The Hall–Kier alpha value is -2.36. The van der Waals surface area contributed by atoms with Gasteiger partial charge in [-0.05, 0) is 61.8 Å². The van der Waals surface area contributed by atoms with Crippen molar-refractivity contribution in [2.75, 3.05) is 18.4 Å². The molecule has 0 unspecified atom stereocenters. The van der Waals surface area contributed by atoms with Crippen LogP contribution in [0.5, 0.6) is 0 Å². The maximum atomic E-state index is 14.1. The van der Waals surface area contributed by atoms with Crippen LogP contribution in [0.15, 0.2) is 12.1 Å². The van der Waals surface area contributed by atoms with Gasteiger partial charge in [0, 0.05) is 24.8 Å². The summed E-state index contributed by atoms with van der Waals surface area (Å²) >= 11 is 0. The fourth-order valence-corrected chi connectivity index (χ4v) is 5.07. The van der Waals surface area contributed by atoms with Crippen molar-refractivity contribution in [3.05, 3.63) is 29.1 Å². The Kier molecular flexibility index (Phi) is 8.50. The smallest absolute Gasteiger partial charge is 0.332 e. The van der Waals surface area contributed by atoms with Gasteiger partial charge in [0.2, 0.25) is 10.0 Å². The zero-order valence-electron chi connectivity index (χ0n) is 19.7. The average Bonchev–Trinajstić information content (AvgIpc) is 2.67. The van der Waals surface area contributed by atoms with E-state index in [1.807, 2.05) is 41.5 Å². The first kappa shape index (κ1) is 25.9. The molecule has 0 bridgehead atoms. The summed E-state index contributed by atoms with van der Waals surface area (Å²) in [6.07, 6.45) is 0.471. The van der Waals surface area contributed by atoms with Gasteiger partial charge in [-0.3, -0.25) is 0 Å². The summed E-state index contributed by atoms with van der Waals surface area (Å²) < 4.78 is 41.8. The van der Waals surface area contributed by atoms with Crippen LogP contribution < -0.4 is 15.4 Å². The average molecular weight is 471 g/mol. The summed E-state index contributed by atoms with van der Waals surface area (Å²) in [4.78, 5) is 26.3. The SMILES string of the molecule is CC(C)NC(=O)N1CCC(S(=O)(=O)NC(=O)Nc2c(C(C)C)cc(F)cc2C(C)C)CC1. The van der Waals surface area contributed by atoms with Crippen molar-refractivity contribution in [3.63, 3.8) is 0 Å². The minimum Gasteiger partial charge on any atom is -0.336 e. The van der Waals surface area contributed by atoms with E-state index in [0.717, 1.165) is 0 Å². The third-order valence-electron chi connectivity index (χ3n) is 5.46. The number of benzene rings is 1. The van der Waals surface area contributed by atoms with Crippen LogP contribution in [0.2, 0.25) is 0 Å². The zero-order valence-corrected chi connectivity index (χ0v) is 20.5. The molecule has 0 radical (unpaired) electrons. The molecule has 4 amide bonds. The minimum absolute atomic E-state index is 0.00718. The summed E-state index contributed by atoms with van der Waals surface area (Å²) in [5.41, 5.74) is 1.64. The first-order valence-corrected chi connectivity index (χ1v) is 12.6. The monoisotopic (exact) mass is 470 g/mol. The molecule has 2 rings (SSSR count). The molecular formula is C22H35FN4O4S. The number of amides is 4. The van der Waals surface area contributed by atoms with E-state index in [1.54, 1.807) is 4.90 Å². The number of sulfonamides is 1. The first-order chi connectivity index (χ1) is 14.8. The number of halogens is 1. The maximum Gasteiger partial charge on any atom is 0.332 e. The molecule has 1 aliphatic rings. The molecule has 0 spiro atoms. The van der Waals surface area contributed by atoms with Crippen molar-refractivity contribution in [3.8, 4) is 0 Å². The van der Waals surface area contributed by atoms with Gasteiger partial charge in [-0.2, -0.15) is 0 Å². The molecule has 10 heteroatoms. The highest BCUT2D eigenvalue weighted by atomic mass is 32.2. The number of piperidine rings is 1. The van der Waals surface area contributed by atoms with Gasteiger partial charge in [0.1, 0.15) is 5.82 Å². The number of hydrogen-bond donors (Lipinski definition) is 3. The predicted molar refractivity (Wildman–Crippen MR) is 124 cm³/mol. The van der Waals surface area contributed by atoms with E-state index in [4.69, 9.17) is 0 Å². The lowest BCUT2D eigenvalue weighted by molar-refractivity contribution is 0.184. The van der Waals surface area contributed by atoms with Gasteiger partial charge in [-0.25, -0.2) is 27.1 Å². The van der Waals surface area contributed by atoms with Crippen LogP contribution in [0.4, 0.5) is 19.7 Å². The predicted octanol–water partition coefficient (Wildman–Crippen LogP) is 4.11. The summed E-state index contributed by atoms with van der Waals surface area (Å²) in [6, 6.07) is 1.62. The molecular weight excluding hydrogens is 435 g/mol. The van der Waals surface area contributed by atoms with Gasteiger partial charge in [-0.1, -0.05) is 27.7 Å². The van der Waals surface area contributed by atoms with Gasteiger partial charge in [0.05, 0.1) is 5.25 Å². The Morgan fingerprint density at radius 3 is 1.94 bits per heavy atom. The third kappa shape index (κ3) is 6.57. The van der Waals surface area contributed by atoms with Gasteiger partial charge in [0.15, 0.2) is 0 Å². The number of nitrogens with zero attached hydrogens (tertiary/aromatic N) is 1. The quantitative estimate of drug-likeness (QED) is 0.582. The fourth-order valence-electron chi connectivity index (χ4n) is 3.76. The van der Waals surface area contributed by atoms with Gasteiger partial charge in [0.25, 0.3) is 0 Å². The number of carbonyl (C=O) groups excluding carboxylic acids is 2. The number of carbonyl (C=O) groups is 2. The lowest BCUT2D eigenvalue weighted by Gasteiger charge is -2.32. The van der Waals surface area contributed by atoms with Crippen molar-refractivity contribution >= 4 is 27.8 Å². The second-order valence-electron chi connectivity index (χ2n) is 9.16. The Morgan fingerprint density at radius 1 is 1.00 bits per heavy atom. The molecule has 1 heterocycles. The standard InChI is InChI=1S/C22H35FN4O4S/c1-13(2)18-11-16(23)12-19(14(3)4)20(18)25-21(28)26-32(30,31)17-7-9-27(10-8-17)22(29)24-15(5)6/h11-15,17H,7-10H2,1-6H3,(H,24,29)(H2,25,26,28). The van der Waals surface area contributed by atoms with Crippen molar-refractivity contribution in [1.82, 2.24) is 14.9 Å². The van der Waals surface area contributed by atoms with Crippen molar-refractivity contribution in [2.24, 2.45) is 0 Å².